The van der Waals surface area contributed by atoms with Crippen molar-refractivity contribution in [2.45, 2.75) is 32.6 Å². The van der Waals surface area contributed by atoms with Gasteiger partial charge in [-0.3, -0.25) is 0 Å². The number of hydrogen-bond acceptors (Lipinski definition) is 2. The van der Waals surface area contributed by atoms with Crippen LogP contribution in [0, 0.1) is 0 Å². The van der Waals surface area contributed by atoms with E-state index in [0.29, 0.717) is 0 Å². The van der Waals surface area contributed by atoms with Crippen LogP contribution in [0.4, 0.5) is 5.95 Å². The number of rotatable bonds is 4. The van der Waals surface area contributed by atoms with Gasteiger partial charge in [0.25, 0.3) is 0 Å². The molecule has 19 heavy (non-hydrogen) atoms. The van der Waals surface area contributed by atoms with E-state index in [2.05, 4.69) is 21.8 Å². The van der Waals surface area contributed by atoms with Crippen LogP contribution >= 0.6 is 0 Å². The number of hydrogen-bond donors (Lipinski definition) is 1. The summed E-state index contributed by atoms with van der Waals surface area (Å²) < 4.78 is 0. The maximum Gasteiger partial charge on any atom is 0.229 e. The lowest BCUT2D eigenvalue weighted by atomic mass is 10.3. The number of aromatic nitrogens is 2. The Morgan fingerprint density at radius 3 is 3.11 bits per heavy atom. The fraction of sp³-hybridized carbons (Fsp3) is 0.467. The summed E-state index contributed by atoms with van der Waals surface area (Å²) >= 11 is 0. The molecule has 0 radical (unpaired) electrons. The summed E-state index contributed by atoms with van der Waals surface area (Å²) in [7, 11) is 0. The fourth-order valence-corrected chi connectivity index (χ4v) is 2.55. The molecule has 1 aliphatic heterocycles. The lowest BCUT2D eigenvalue weighted by Gasteiger charge is -2.17. The van der Waals surface area contributed by atoms with E-state index in [4.69, 9.17) is 4.99 Å². The number of benzene rings is 1. The Kier molecular flexibility index (Phi) is 3.49. The first-order valence-corrected chi connectivity index (χ1v) is 7.14. The first kappa shape index (κ1) is 12.2. The number of amidine groups is 1. The van der Waals surface area contributed by atoms with E-state index < -0.39 is 0 Å². The van der Waals surface area contributed by atoms with E-state index in [-0.39, 0.29) is 0 Å². The first-order valence-electron chi connectivity index (χ1n) is 7.14. The minimum atomic E-state index is 0.736. The SMILES string of the molecule is CCCCN1CCC/C1=N/c1nc2ccccc2[nH]1. The summed E-state index contributed by atoms with van der Waals surface area (Å²) in [5, 5.41) is 0. The number of aliphatic imine (C=N–C) groups is 1. The third-order valence-corrected chi connectivity index (χ3v) is 3.59. The smallest absolute Gasteiger partial charge is 0.229 e. The second kappa shape index (κ2) is 5.43. The molecule has 3 rings (SSSR count). The number of aromatic amines is 1. The number of nitrogens with one attached hydrogen (secondary N) is 1. The van der Waals surface area contributed by atoms with Gasteiger partial charge in [0.15, 0.2) is 0 Å². The lowest BCUT2D eigenvalue weighted by Crippen LogP contribution is -2.25. The van der Waals surface area contributed by atoms with Crippen LogP contribution in [-0.4, -0.2) is 33.8 Å². The summed E-state index contributed by atoms with van der Waals surface area (Å²) in [5.41, 5.74) is 2.04. The Balaban J connectivity index is 1.83. The molecule has 1 fully saturated rings. The highest BCUT2D eigenvalue weighted by Gasteiger charge is 2.18. The van der Waals surface area contributed by atoms with E-state index in [1.165, 1.54) is 25.1 Å². The molecule has 0 bridgehead atoms. The highest BCUT2D eigenvalue weighted by molar-refractivity contribution is 5.87. The molecule has 4 heteroatoms. The Bertz CT molecular complexity index is 552. The van der Waals surface area contributed by atoms with Crippen LogP contribution in [-0.2, 0) is 0 Å². The molecule has 0 unspecified atom stereocenters. The van der Waals surface area contributed by atoms with Gasteiger partial charge >= 0.3 is 0 Å². The van der Waals surface area contributed by atoms with Gasteiger partial charge < -0.3 is 9.88 Å². The molecule has 100 valence electrons. The maximum absolute atomic E-state index is 4.71. The normalized spacial score (nSPS) is 17.7. The van der Waals surface area contributed by atoms with Gasteiger partial charge in [-0.25, -0.2) is 4.98 Å². The molecule has 1 saturated heterocycles. The van der Waals surface area contributed by atoms with Crippen LogP contribution in [0.5, 0.6) is 0 Å². The van der Waals surface area contributed by atoms with Crippen molar-refractivity contribution in [1.82, 2.24) is 14.9 Å². The molecule has 0 aliphatic carbocycles. The van der Waals surface area contributed by atoms with Crippen molar-refractivity contribution in [3.05, 3.63) is 24.3 Å². The molecule has 1 N–H and O–H groups in total. The quantitative estimate of drug-likeness (QED) is 0.910. The van der Waals surface area contributed by atoms with Crippen LogP contribution in [0.15, 0.2) is 29.3 Å². The molecule has 4 nitrogen and oxygen atoms in total. The second-order valence-electron chi connectivity index (χ2n) is 5.05. The van der Waals surface area contributed by atoms with Gasteiger partial charge in [0.2, 0.25) is 5.95 Å². The Morgan fingerprint density at radius 2 is 2.26 bits per heavy atom. The summed E-state index contributed by atoms with van der Waals surface area (Å²) in [6, 6.07) is 8.07. The van der Waals surface area contributed by atoms with Gasteiger partial charge in [0.1, 0.15) is 5.84 Å². The average molecular weight is 256 g/mol. The Labute approximate surface area is 113 Å². The molecule has 0 saturated carbocycles. The molecule has 1 aromatic carbocycles. The summed E-state index contributed by atoms with van der Waals surface area (Å²) in [4.78, 5) is 14.9. The lowest BCUT2D eigenvalue weighted by molar-refractivity contribution is 0.439. The molecule has 1 aliphatic rings. The number of likely N-dealkylation sites (tertiary alicyclic amines) is 1. The minimum Gasteiger partial charge on any atom is -0.360 e. The van der Waals surface area contributed by atoms with Gasteiger partial charge in [-0.1, -0.05) is 25.5 Å². The number of unbranched alkanes of at least 4 members (excludes halogenated alkanes) is 1. The van der Waals surface area contributed by atoms with Gasteiger partial charge in [0.05, 0.1) is 11.0 Å². The van der Waals surface area contributed by atoms with Crippen molar-refractivity contribution >= 4 is 22.8 Å². The topological polar surface area (TPSA) is 44.3 Å². The van der Waals surface area contributed by atoms with Crippen molar-refractivity contribution in [2.75, 3.05) is 13.1 Å². The zero-order valence-corrected chi connectivity index (χ0v) is 11.4. The number of imidazole rings is 1. The highest BCUT2D eigenvalue weighted by Crippen LogP contribution is 2.19. The second-order valence-corrected chi connectivity index (χ2v) is 5.05. The predicted octanol–water partition coefficient (Wildman–Crippen LogP) is 3.49. The summed E-state index contributed by atoms with van der Waals surface area (Å²) in [6.45, 7) is 4.49. The molecule has 2 heterocycles. The molecule has 1 aromatic heterocycles. The predicted molar refractivity (Wildman–Crippen MR) is 78.9 cm³/mol. The largest absolute Gasteiger partial charge is 0.360 e. The summed E-state index contributed by atoms with van der Waals surface area (Å²) in [5.74, 6) is 1.92. The zero-order chi connectivity index (χ0) is 13.1. The van der Waals surface area contributed by atoms with E-state index in [9.17, 15) is 0 Å². The van der Waals surface area contributed by atoms with E-state index >= 15 is 0 Å². The average Bonchev–Trinajstić information content (AvgIpc) is 3.02. The van der Waals surface area contributed by atoms with E-state index in [1.807, 2.05) is 24.3 Å². The van der Waals surface area contributed by atoms with Crippen LogP contribution in [0.25, 0.3) is 11.0 Å². The molecule has 0 amide bonds. The molecular weight excluding hydrogens is 236 g/mol. The van der Waals surface area contributed by atoms with Gasteiger partial charge in [-0.2, -0.15) is 4.99 Å². The third kappa shape index (κ3) is 2.62. The molecule has 0 atom stereocenters. The van der Waals surface area contributed by atoms with Gasteiger partial charge in [-0.15, -0.1) is 0 Å². The number of H-pyrrole nitrogens is 1. The van der Waals surface area contributed by atoms with Gasteiger partial charge in [0, 0.05) is 19.5 Å². The maximum atomic E-state index is 4.71. The molecule has 0 spiro atoms. The summed E-state index contributed by atoms with van der Waals surface area (Å²) in [6.07, 6.45) is 4.75. The van der Waals surface area contributed by atoms with Crippen LogP contribution < -0.4 is 0 Å². The van der Waals surface area contributed by atoms with E-state index in [0.717, 1.165) is 36.5 Å². The van der Waals surface area contributed by atoms with Gasteiger partial charge in [-0.05, 0) is 25.0 Å². The van der Waals surface area contributed by atoms with Crippen molar-refractivity contribution in [2.24, 2.45) is 4.99 Å². The Morgan fingerprint density at radius 1 is 1.37 bits per heavy atom. The molecule has 2 aromatic rings. The number of fused-ring (bicyclic) bond motifs is 1. The monoisotopic (exact) mass is 256 g/mol. The Hall–Kier alpha value is -1.84. The van der Waals surface area contributed by atoms with Crippen molar-refractivity contribution < 1.29 is 0 Å². The van der Waals surface area contributed by atoms with Crippen LogP contribution in [0.1, 0.15) is 32.6 Å². The van der Waals surface area contributed by atoms with E-state index in [1.54, 1.807) is 0 Å². The minimum absolute atomic E-state index is 0.736. The van der Waals surface area contributed by atoms with Crippen molar-refractivity contribution in [1.29, 1.82) is 0 Å². The fourth-order valence-electron chi connectivity index (χ4n) is 2.55. The van der Waals surface area contributed by atoms with Crippen molar-refractivity contribution in [3.8, 4) is 0 Å². The number of nitrogens with zero attached hydrogens (tertiary/aromatic N) is 3. The van der Waals surface area contributed by atoms with Crippen LogP contribution in [0.3, 0.4) is 0 Å². The van der Waals surface area contributed by atoms with Crippen molar-refractivity contribution in [3.63, 3.8) is 0 Å². The highest BCUT2D eigenvalue weighted by atomic mass is 15.2. The number of para-hydroxylation sites is 2. The van der Waals surface area contributed by atoms with Crippen LogP contribution in [0.2, 0.25) is 0 Å². The molecular formula is C15H20N4. The third-order valence-electron chi connectivity index (χ3n) is 3.59. The first-order chi connectivity index (χ1) is 9.36. The zero-order valence-electron chi connectivity index (χ0n) is 11.4. The standard InChI is InChI=1S/C15H20N4/c1-2-3-10-19-11-6-9-14(19)18-15-16-12-7-4-5-8-13(12)17-15/h4-5,7-8H,2-3,6,9-11H2,1H3,(H,16,17)/b18-14-.